The molecule has 0 atom stereocenters. The van der Waals surface area contributed by atoms with Crippen molar-refractivity contribution < 1.29 is 13.5 Å². The number of anilines is 1. The fraction of sp³-hybridized carbons (Fsp3) is 0.133. The predicted molar refractivity (Wildman–Crippen MR) is 86.7 cm³/mol. The average molecular weight is 358 g/mol. The van der Waals surface area contributed by atoms with E-state index in [9.17, 15) is 8.78 Å². The Morgan fingerprint density at radius 2 is 2.00 bits per heavy atom. The van der Waals surface area contributed by atoms with Gasteiger partial charge >= 0.3 is 0 Å². The maximum absolute atomic E-state index is 13.3. The Kier molecular flexibility index (Phi) is 3.88. The van der Waals surface area contributed by atoms with Crippen LogP contribution in [0.25, 0.3) is 16.9 Å². The lowest BCUT2D eigenvalue weighted by Crippen LogP contribution is -2.03. The minimum atomic E-state index is -2.79. The Morgan fingerprint density at radius 1 is 1.19 bits per heavy atom. The van der Waals surface area contributed by atoms with E-state index >= 15 is 0 Å². The summed E-state index contributed by atoms with van der Waals surface area (Å²) < 4.78 is 32.2. The van der Waals surface area contributed by atoms with Crippen LogP contribution in [0.15, 0.2) is 36.4 Å². The van der Waals surface area contributed by atoms with Crippen molar-refractivity contribution in [1.29, 1.82) is 0 Å². The summed E-state index contributed by atoms with van der Waals surface area (Å²) in [6.07, 6.45) is -2.79. The van der Waals surface area contributed by atoms with Gasteiger partial charge in [0, 0.05) is 6.07 Å². The number of nitrogens with one attached hydrogen (secondary N) is 1. The third-order valence-electron chi connectivity index (χ3n) is 3.56. The van der Waals surface area contributed by atoms with Crippen LogP contribution in [0.3, 0.4) is 0 Å². The highest BCUT2D eigenvalue weighted by Gasteiger charge is 2.21. The molecule has 0 aliphatic heterocycles. The summed E-state index contributed by atoms with van der Waals surface area (Å²) in [5.41, 5.74) is 6.49. The van der Waals surface area contributed by atoms with Gasteiger partial charge in [-0.1, -0.05) is 23.4 Å². The van der Waals surface area contributed by atoms with E-state index in [0.717, 1.165) is 4.80 Å². The minimum Gasteiger partial charge on any atom is -0.485 e. The van der Waals surface area contributed by atoms with Gasteiger partial charge in [0.05, 0.1) is 5.69 Å². The van der Waals surface area contributed by atoms with Gasteiger partial charge in [-0.25, -0.2) is 18.9 Å². The van der Waals surface area contributed by atoms with Crippen LogP contribution in [0.2, 0.25) is 0 Å². The first kappa shape index (κ1) is 15.9. The van der Waals surface area contributed by atoms with Gasteiger partial charge in [-0.3, -0.25) is 0 Å². The highest BCUT2D eigenvalue weighted by Crippen LogP contribution is 2.26. The zero-order valence-electron chi connectivity index (χ0n) is 13.2. The van der Waals surface area contributed by atoms with E-state index in [2.05, 4.69) is 30.6 Å². The molecule has 3 N–H and O–H groups in total. The van der Waals surface area contributed by atoms with Crippen molar-refractivity contribution in [3.63, 3.8) is 0 Å². The van der Waals surface area contributed by atoms with Gasteiger partial charge < -0.3 is 10.5 Å². The fourth-order valence-electron chi connectivity index (χ4n) is 2.38. The Balaban J connectivity index is 1.65. The Labute approximate surface area is 144 Å². The molecule has 0 spiro atoms. The first-order valence-corrected chi connectivity index (χ1v) is 7.51. The molecule has 0 radical (unpaired) electrons. The molecule has 0 aliphatic carbocycles. The molecule has 3 aromatic heterocycles. The fourth-order valence-corrected chi connectivity index (χ4v) is 2.38. The van der Waals surface area contributed by atoms with Crippen molar-refractivity contribution in [2.24, 2.45) is 0 Å². The second kappa shape index (κ2) is 6.35. The van der Waals surface area contributed by atoms with Crippen LogP contribution in [-0.4, -0.2) is 35.4 Å². The van der Waals surface area contributed by atoms with Crippen LogP contribution in [0.1, 0.15) is 17.8 Å². The molecule has 0 bridgehead atoms. The van der Waals surface area contributed by atoms with Gasteiger partial charge in [0.2, 0.25) is 0 Å². The molecule has 132 valence electrons. The molecular weight excluding hydrogens is 346 g/mol. The summed E-state index contributed by atoms with van der Waals surface area (Å²) in [6, 6.07) is 10.2. The standard InChI is InChI=1S/C15H12F2N8O/c16-14(17)12-9(22-25(23-12)8-4-2-1-3-5-8)7-26-10-6-11(18)19-15-13(10)20-24-21-15/h1-6,14H,7H2,(H3,18,19,20,21,24). The molecule has 3 heterocycles. The van der Waals surface area contributed by atoms with Crippen LogP contribution in [0.4, 0.5) is 14.6 Å². The maximum atomic E-state index is 13.3. The predicted octanol–water partition coefficient (Wildman–Crippen LogP) is 2.03. The summed E-state index contributed by atoms with van der Waals surface area (Å²) in [4.78, 5) is 5.15. The SMILES string of the molecule is Nc1cc(OCc2nn(-c3ccccc3)nc2C(F)F)c2nn[nH]c2n1. The molecule has 0 unspecified atom stereocenters. The quantitative estimate of drug-likeness (QED) is 0.560. The van der Waals surface area contributed by atoms with E-state index in [1.54, 1.807) is 24.3 Å². The van der Waals surface area contributed by atoms with Gasteiger partial charge in [-0.2, -0.15) is 4.80 Å². The van der Waals surface area contributed by atoms with Gasteiger partial charge in [-0.15, -0.1) is 15.3 Å². The number of nitrogens with two attached hydrogens (primary N) is 1. The van der Waals surface area contributed by atoms with Crippen molar-refractivity contribution in [3.8, 4) is 11.4 Å². The summed E-state index contributed by atoms with van der Waals surface area (Å²) in [5.74, 6) is 0.441. The number of nitrogens with zero attached hydrogens (tertiary/aromatic N) is 6. The second-order valence-electron chi connectivity index (χ2n) is 5.30. The summed E-state index contributed by atoms with van der Waals surface area (Å²) >= 11 is 0. The third kappa shape index (κ3) is 2.90. The molecule has 4 rings (SSSR count). The van der Waals surface area contributed by atoms with E-state index in [0.29, 0.717) is 16.9 Å². The van der Waals surface area contributed by atoms with E-state index in [-0.39, 0.29) is 23.9 Å². The molecule has 26 heavy (non-hydrogen) atoms. The molecule has 0 fully saturated rings. The largest absolute Gasteiger partial charge is 0.485 e. The minimum absolute atomic E-state index is 0.0101. The number of pyridine rings is 1. The monoisotopic (exact) mass is 358 g/mol. The average Bonchev–Trinajstić information content (AvgIpc) is 3.27. The number of aromatic nitrogens is 7. The topological polar surface area (TPSA) is 120 Å². The highest BCUT2D eigenvalue weighted by molar-refractivity contribution is 5.78. The number of ether oxygens (including phenoxy) is 1. The van der Waals surface area contributed by atoms with E-state index in [4.69, 9.17) is 10.5 Å². The molecular formula is C15H12F2N8O. The second-order valence-corrected chi connectivity index (χ2v) is 5.30. The molecule has 0 saturated heterocycles. The molecule has 9 nitrogen and oxygen atoms in total. The lowest BCUT2D eigenvalue weighted by atomic mass is 10.3. The number of para-hydroxylation sites is 1. The molecule has 4 aromatic rings. The highest BCUT2D eigenvalue weighted by atomic mass is 19.3. The lowest BCUT2D eigenvalue weighted by Gasteiger charge is -2.06. The number of hydrogen-bond donors (Lipinski definition) is 2. The molecule has 0 amide bonds. The van der Waals surface area contributed by atoms with Crippen LogP contribution in [0, 0.1) is 0 Å². The van der Waals surface area contributed by atoms with Crippen LogP contribution in [0.5, 0.6) is 5.75 Å². The first-order valence-electron chi connectivity index (χ1n) is 7.51. The van der Waals surface area contributed by atoms with E-state index in [1.807, 2.05) is 6.07 Å². The normalized spacial score (nSPS) is 11.3. The zero-order valence-corrected chi connectivity index (χ0v) is 13.2. The molecule has 11 heteroatoms. The van der Waals surface area contributed by atoms with Crippen molar-refractivity contribution in [2.75, 3.05) is 5.73 Å². The Morgan fingerprint density at radius 3 is 2.77 bits per heavy atom. The van der Waals surface area contributed by atoms with Crippen molar-refractivity contribution in [1.82, 2.24) is 35.4 Å². The number of rotatable bonds is 5. The number of hydrogen-bond acceptors (Lipinski definition) is 7. The van der Waals surface area contributed by atoms with E-state index in [1.165, 1.54) is 6.07 Å². The molecule has 0 aliphatic rings. The van der Waals surface area contributed by atoms with Gasteiger partial charge in [0.15, 0.2) is 22.6 Å². The summed E-state index contributed by atoms with van der Waals surface area (Å²) in [5, 5.41) is 18.0. The van der Waals surface area contributed by atoms with Crippen molar-refractivity contribution >= 4 is 17.0 Å². The number of benzene rings is 1. The smallest absolute Gasteiger partial charge is 0.284 e. The zero-order chi connectivity index (χ0) is 18.1. The van der Waals surface area contributed by atoms with Crippen molar-refractivity contribution in [3.05, 3.63) is 47.8 Å². The van der Waals surface area contributed by atoms with Crippen LogP contribution < -0.4 is 10.5 Å². The number of alkyl halides is 2. The van der Waals surface area contributed by atoms with Crippen LogP contribution in [-0.2, 0) is 6.61 Å². The van der Waals surface area contributed by atoms with E-state index < -0.39 is 12.1 Å². The van der Waals surface area contributed by atoms with Gasteiger partial charge in [0.1, 0.15) is 18.1 Å². The maximum Gasteiger partial charge on any atom is 0.284 e. The summed E-state index contributed by atoms with van der Waals surface area (Å²) in [7, 11) is 0. The molecule has 1 aromatic carbocycles. The number of halogens is 2. The number of H-pyrrole nitrogens is 1. The number of nitrogen functional groups attached to an aromatic ring is 1. The van der Waals surface area contributed by atoms with Crippen LogP contribution >= 0.6 is 0 Å². The van der Waals surface area contributed by atoms with Gasteiger partial charge in [-0.05, 0) is 12.1 Å². The number of aromatic amines is 1. The lowest BCUT2D eigenvalue weighted by molar-refractivity contribution is 0.142. The van der Waals surface area contributed by atoms with Crippen molar-refractivity contribution in [2.45, 2.75) is 13.0 Å². The Bertz CT molecular complexity index is 1050. The third-order valence-corrected chi connectivity index (χ3v) is 3.56. The number of fused-ring (bicyclic) bond motifs is 1. The Hall–Kier alpha value is -3.63. The molecule has 0 saturated carbocycles. The first-order chi connectivity index (χ1) is 12.6. The van der Waals surface area contributed by atoms with Gasteiger partial charge in [0.25, 0.3) is 6.43 Å². The summed E-state index contributed by atoms with van der Waals surface area (Å²) in [6.45, 7) is -0.238.